The maximum absolute atomic E-state index is 14.0. The molecule has 0 bridgehead atoms. The molecule has 0 unspecified atom stereocenters. The molecule has 8 heteroatoms. The molecule has 0 saturated heterocycles. The molecule has 6 nitrogen and oxygen atoms in total. The quantitative estimate of drug-likeness (QED) is 0.880. The lowest BCUT2D eigenvalue weighted by Crippen LogP contribution is -2.27. The van der Waals surface area contributed by atoms with Crippen LogP contribution in [0.4, 0.5) is 4.39 Å². The summed E-state index contributed by atoms with van der Waals surface area (Å²) in [4.78, 5) is 13.6. The Balaban J connectivity index is 2.26. The van der Waals surface area contributed by atoms with Crippen molar-refractivity contribution < 1.29 is 17.6 Å². The number of benzene rings is 2. The zero-order chi connectivity index (χ0) is 18.6. The van der Waals surface area contributed by atoms with Gasteiger partial charge in [-0.25, -0.2) is 17.5 Å². The lowest BCUT2D eigenvalue weighted by molar-refractivity contribution is 0.0780. The molecule has 130 valence electrons. The van der Waals surface area contributed by atoms with Crippen molar-refractivity contribution in [1.29, 1.82) is 5.26 Å². The van der Waals surface area contributed by atoms with Gasteiger partial charge in [-0.15, -0.1) is 0 Å². The SMILES string of the molecule is CNS(=O)(=O)c1ccc(F)c(C(=O)N(C)Cc2ccc(C#N)cc2)c1. The first-order valence-corrected chi connectivity index (χ1v) is 8.74. The van der Waals surface area contributed by atoms with E-state index in [9.17, 15) is 17.6 Å². The first-order chi connectivity index (χ1) is 11.8. The Morgan fingerprint density at radius 1 is 1.24 bits per heavy atom. The van der Waals surface area contributed by atoms with E-state index in [1.54, 1.807) is 24.3 Å². The Morgan fingerprint density at radius 3 is 2.44 bits per heavy atom. The average molecular weight is 361 g/mol. The number of hydrogen-bond donors (Lipinski definition) is 1. The zero-order valence-electron chi connectivity index (χ0n) is 13.7. The minimum atomic E-state index is -3.78. The summed E-state index contributed by atoms with van der Waals surface area (Å²) in [6, 6.07) is 11.7. The number of nitrogens with zero attached hydrogens (tertiary/aromatic N) is 2. The molecule has 0 aliphatic heterocycles. The largest absolute Gasteiger partial charge is 0.337 e. The van der Waals surface area contributed by atoms with Crippen LogP contribution in [0, 0.1) is 17.1 Å². The standard InChI is InChI=1S/C17H16FN3O3S/c1-20-25(23,24)14-7-8-16(18)15(9-14)17(22)21(2)11-13-5-3-12(10-19)4-6-13/h3-9,20H,11H2,1-2H3. The van der Waals surface area contributed by atoms with E-state index in [2.05, 4.69) is 4.72 Å². The highest BCUT2D eigenvalue weighted by atomic mass is 32.2. The van der Waals surface area contributed by atoms with Crippen molar-refractivity contribution >= 4 is 15.9 Å². The number of carbonyl (C=O) groups is 1. The number of carbonyl (C=O) groups excluding carboxylic acids is 1. The molecule has 0 spiro atoms. The van der Waals surface area contributed by atoms with Crippen molar-refractivity contribution in [2.24, 2.45) is 0 Å². The smallest absolute Gasteiger partial charge is 0.256 e. The highest BCUT2D eigenvalue weighted by Crippen LogP contribution is 2.17. The first-order valence-electron chi connectivity index (χ1n) is 7.26. The zero-order valence-corrected chi connectivity index (χ0v) is 14.5. The van der Waals surface area contributed by atoms with Gasteiger partial charge in [-0.05, 0) is 42.9 Å². The predicted molar refractivity (Wildman–Crippen MR) is 89.6 cm³/mol. The van der Waals surface area contributed by atoms with Gasteiger partial charge >= 0.3 is 0 Å². The topological polar surface area (TPSA) is 90.3 Å². The lowest BCUT2D eigenvalue weighted by Gasteiger charge is -2.18. The molecule has 0 saturated carbocycles. The van der Waals surface area contributed by atoms with Gasteiger partial charge in [-0.1, -0.05) is 12.1 Å². The van der Waals surface area contributed by atoms with Crippen molar-refractivity contribution in [2.75, 3.05) is 14.1 Å². The molecular weight excluding hydrogens is 345 g/mol. The summed E-state index contributed by atoms with van der Waals surface area (Å²) >= 11 is 0. The molecule has 0 fully saturated rings. The monoisotopic (exact) mass is 361 g/mol. The van der Waals surface area contributed by atoms with Gasteiger partial charge in [0.15, 0.2) is 0 Å². The summed E-state index contributed by atoms with van der Waals surface area (Å²) in [6.07, 6.45) is 0. The van der Waals surface area contributed by atoms with Gasteiger partial charge in [0, 0.05) is 13.6 Å². The van der Waals surface area contributed by atoms with Crippen molar-refractivity contribution in [1.82, 2.24) is 9.62 Å². The minimum absolute atomic E-state index is 0.187. The van der Waals surface area contributed by atoms with Crippen molar-refractivity contribution in [3.05, 3.63) is 65.0 Å². The molecule has 1 N–H and O–H groups in total. The van der Waals surface area contributed by atoms with Crippen LogP contribution in [0.25, 0.3) is 0 Å². The van der Waals surface area contributed by atoms with Gasteiger partial charge in [0.2, 0.25) is 10.0 Å². The van der Waals surface area contributed by atoms with E-state index in [1.807, 2.05) is 6.07 Å². The number of nitrogens with one attached hydrogen (secondary N) is 1. The number of rotatable bonds is 5. The van der Waals surface area contributed by atoms with Crippen LogP contribution in [0.2, 0.25) is 0 Å². The number of sulfonamides is 1. The molecule has 2 aromatic carbocycles. The van der Waals surface area contributed by atoms with Gasteiger partial charge in [-0.2, -0.15) is 5.26 Å². The molecular formula is C17H16FN3O3S. The summed E-state index contributed by atoms with van der Waals surface area (Å²) in [5.74, 6) is -1.44. The average Bonchev–Trinajstić information content (AvgIpc) is 2.62. The molecule has 0 aromatic heterocycles. The second-order valence-electron chi connectivity index (χ2n) is 5.32. The minimum Gasteiger partial charge on any atom is -0.337 e. The van der Waals surface area contributed by atoms with Crippen LogP contribution in [0.3, 0.4) is 0 Å². The highest BCUT2D eigenvalue weighted by Gasteiger charge is 2.20. The summed E-state index contributed by atoms with van der Waals surface area (Å²) in [6.45, 7) is 0.187. The summed E-state index contributed by atoms with van der Waals surface area (Å²) < 4.78 is 39.8. The molecule has 1 amide bonds. The fourth-order valence-electron chi connectivity index (χ4n) is 2.19. The van der Waals surface area contributed by atoms with E-state index in [0.717, 1.165) is 23.8 Å². The third-order valence-corrected chi connectivity index (χ3v) is 5.01. The molecule has 2 rings (SSSR count). The fraction of sp³-hybridized carbons (Fsp3) is 0.176. The van der Waals surface area contributed by atoms with E-state index in [-0.39, 0.29) is 17.0 Å². The van der Waals surface area contributed by atoms with Crippen LogP contribution in [-0.2, 0) is 16.6 Å². The van der Waals surface area contributed by atoms with Crippen LogP contribution in [0.15, 0.2) is 47.4 Å². The van der Waals surface area contributed by atoms with Crippen molar-refractivity contribution in [3.63, 3.8) is 0 Å². The van der Waals surface area contributed by atoms with Gasteiger partial charge in [0.25, 0.3) is 5.91 Å². The second kappa shape index (κ2) is 7.42. The van der Waals surface area contributed by atoms with Crippen LogP contribution < -0.4 is 4.72 Å². The van der Waals surface area contributed by atoms with Gasteiger partial charge in [-0.3, -0.25) is 4.79 Å². The molecule has 0 atom stereocenters. The fourth-order valence-corrected chi connectivity index (χ4v) is 2.95. The Kier molecular flexibility index (Phi) is 5.51. The Labute approximate surface area is 145 Å². The van der Waals surface area contributed by atoms with Crippen LogP contribution in [-0.4, -0.2) is 33.3 Å². The molecule has 0 radical (unpaired) electrons. The van der Waals surface area contributed by atoms with E-state index in [4.69, 9.17) is 5.26 Å². The summed E-state index contributed by atoms with van der Waals surface area (Å²) in [7, 11) is -1.06. The van der Waals surface area contributed by atoms with Crippen LogP contribution >= 0.6 is 0 Å². The Hall–Kier alpha value is -2.76. The summed E-state index contributed by atoms with van der Waals surface area (Å²) in [5, 5.41) is 8.78. The normalized spacial score (nSPS) is 11.0. The van der Waals surface area contributed by atoms with E-state index in [0.29, 0.717) is 5.56 Å². The van der Waals surface area contributed by atoms with E-state index < -0.39 is 21.7 Å². The number of amides is 1. The predicted octanol–water partition coefficient (Wildman–Crippen LogP) is 1.88. The van der Waals surface area contributed by atoms with Crippen molar-refractivity contribution in [3.8, 4) is 6.07 Å². The summed E-state index contributed by atoms with van der Waals surface area (Å²) in [5.41, 5.74) is 0.926. The third-order valence-electron chi connectivity index (χ3n) is 3.60. The van der Waals surface area contributed by atoms with Gasteiger partial charge in [0.05, 0.1) is 22.1 Å². The molecule has 2 aromatic rings. The maximum atomic E-state index is 14.0. The van der Waals surface area contributed by atoms with Gasteiger partial charge < -0.3 is 4.90 Å². The van der Waals surface area contributed by atoms with Gasteiger partial charge in [0.1, 0.15) is 5.82 Å². The van der Waals surface area contributed by atoms with E-state index in [1.165, 1.54) is 19.0 Å². The maximum Gasteiger partial charge on any atom is 0.256 e. The second-order valence-corrected chi connectivity index (χ2v) is 7.21. The third kappa shape index (κ3) is 4.21. The Morgan fingerprint density at radius 2 is 1.88 bits per heavy atom. The molecule has 0 heterocycles. The first kappa shape index (κ1) is 18.6. The molecule has 0 aliphatic rings. The number of nitriles is 1. The lowest BCUT2D eigenvalue weighted by atomic mass is 10.1. The number of halogens is 1. The number of hydrogen-bond acceptors (Lipinski definition) is 4. The van der Waals surface area contributed by atoms with E-state index >= 15 is 0 Å². The van der Waals surface area contributed by atoms with Crippen molar-refractivity contribution in [2.45, 2.75) is 11.4 Å². The van der Waals surface area contributed by atoms with Crippen LogP contribution in [0.5, 0.6) is 0 Å². The highest BCUT2D eigenvalue weighted by molar-refractivity contribution is 7.89. The van der Waals surface area contributed by atoms with Crippen LogP contribution in [0.1, 0.15) is 21.5 Å². The molecule has 0 aliphatic carbocycles. The molecule has 25 heavy (non-hydrogen) atoms. The Bertz CT molecular complexity index is 935.